The molecule has 1 aliphatic rings. The molecule has 0 radical (unpaired) electrons. The van der Waals surface area contributed by atoms with Gasteiger partial charge in [0.1, 0.15) is 0 Å². The summed E-state index contributed by atoms with van der Waals surface area (Å²) in [5, 5.41) is 6.71. The van der Waals surface area contributed by atoms with Crippen molar-refractivity contribution in [2.75, 3.05) is 5.75 Å². The summed E-state index contributed by atoms with van der Waals surface area (Å²) >= 11 is 3.62. The van der Waals surface area contributed by atoms with Gasteiger partial charge in [0.2, 0.25) is 0 Å². The molecule has 0 aromatic carbocycles. The third-order valence-corrected chi connectivity index (χ3v) is 4.31. The second-order valence-corrected chi connectivity index (χ2v) is 5.70. The molecule has 15 heavy (non-hydrogen) atoms. The monoisotopic (exact) mass is 240 g/mol. The summed E-state index contributed by atoms with van der Waals surface area (Å²) in [6.45, 7) is 3.05. The lowest BCUT2D eigenvalue weighted by Crippen LogP contribution is -2.37. The van der Waals surface area contributed by atoms with Crippen LogP contribution in [0.15, 0.2) is 22.5 Å². The Morgan fingerprint density at radius 2 is 2.53 bits per heavy atom. The molecule has 4 heteroatoms. The molecule has 0 bridgehead atoms. The number of hydrogen-bond acceptors (Lipinski definition) is 3. The summed E-state index contributed by atoms with van der Waals surface area (Å²) < 4.78 is 0. The molecule has 1 aromatic rings. The molecule has 2 heterocycles. The molecule has 1 atom stereocenters. The van der Waals surface area contributed by atoms with Gasteiger partial charge in [-0.1, -0.05) is 24.8 Å². The minimum absolute atomic E-state index is 0.633. The van der Waals surface area contributed by atoms with Crippen LogP contribution in [-0.2, 0) is 6.54 Å². The largest absolute Gasteiger partial charge is 0.362 e. The molecule has 0 saturated carbocycles. The molecule has 1 aliphatic heterocycles. The molecule has 1 fully saturated rings. The number of nitrogens with one attached hydrogen (secondary N) is 1. The zero-order chi connectivity index (χ0) is 10.5. The highest BCUT2D eigenvalue weighted by atomic mass is 32.2. The normalized spacial score (nSPS) is 24.1. The maximum absolute atomic E-state index is 4.60. The summed E-state index contributed by atoms with van der Waals surface area (Å²) in [5.74, 6) is 1.20. The second-order valence-electron chi connectivity index (χ2n) is 3.59. The van der Waals surface area contributed by atoms with Crippen molar-refractivity contribution in [1.29, 1.82) is 0 Å². The van der Waals surface area contributed by atoms with Crippen LogP contribution in [0.1, 0.15) is 24.6 Å². The number of aliphatic imine (C=N–C) groups is 1. The molecule has 1 unspecified atom stereocenters. The maximum atomic E-state index is 4.60. The zero-order valence-electron chi connectivity index (χ0n) is 8.90. The van der Waals surface area contributed by atoms with Gasteiger partial charge in [-0.15, -0.1) is 11.3 Å². The average Bonchev–Trinajstić information content (AvgIpc) is 2.79. The van der Waals surface area contributed by atoms with Crippen LogP contribution >= 0.6 is 23.1 Å². The molecule has 1 saturated heterocycles. The van der Waals surface area contributed by atoms with E-state index in [0.29, 0.717) is 6.04 Å². The average molecular weight is 240 g/mol. The number of amidine groups is 1. The first-order valence-electron chi connectivity index (χ1n) is 5.34. The SMILES string of the molecule is CCC1CCSC(=NCc2cccs2)N1. The Balaban J connectivity index is 1.89. The third kappa shape index (κ3) is 3.24. The molecule has 2 rings (SSSR count). The van der Waals surface area contributed by atoms with Crippen LogP contribution in [0.3, 0.4) is 0 Å². The van der Waals surface area contributed by atoms with E-state index >= 15 is 0 Å². The molecule has 0 spiro atoms. The van der Waals surface area contributed by atoms with Crippen LogP contribution in [0.4, 0.5) is 0 Å². The van der Waals surface area contributed by atoms with E-state index in [0.717, 1.165) is 11.7 Å². The molecule has 82 valence electrons. The van der Waals surface area contributed by atoms with Gasteiger partial charge in [-0.05, 0) is 24.3 Å². The van der Waals surface area contributed by atoms with Crippen LogP contribution in [0.5, 0.6) is 0 Å². The Bertz CT molecular complexity index is 319. The lowest BCUT2D eigenvalue weighted by atomic mass is 10.2. The van der Waals surface area contributed by atoms with E-state index in [1.807, 2.05) is 11.8 Å². The van der Waals surface area contributed by atoms with Gasteiger partial charge in [0, 0.05) is 16.7 Å². The lowest BCUT2D eigenvalue weighted by Gasteiger charge is -2.24. The maximum Gasteiger partial charge on any atom is 0.157 e. The number of rotatable bonds is 3. The molecule has 1 N–H and O–H groups in total. The first-order valence-corrected chi connectivity index (χ1v) is 7.21. The highest BCUT2D eigenvalue weighted by Crippen LogP contribution is 2.17. The molecule has 0 aliphatic carbocycles. The van der Waals surface area contributed by atoms with Gasteiger partial charge < -0.3 is 5.32 Å². The quantitative estimate of drug-likeness (QED) is 0.878. The van der Waals surface area contributed by atoms with Crippen molar-refractivity contribution in [3.8, 4) is 0 Å². The van der Waals surface area contributed by atoms with Crippen molar-refractivity contribution in [2.24, 2.45) is 4.99 Å². The third-order valence-electron chi connectivity index (χ3n) is 2.48. The Hall–Kier alpha value is -0.480. The predicted molar refractivity (Wildman–Crippen MR) is 69.7 cm³/mol. The van der Waals surface area contributed by atoms with Gasteiger partial charge in [0.05, 0.1) is 6.54 Å². The van der Waals surface area contributed by atoms with E-state index in [4.69, 9.17) is 0 Å². The van der Waals surface area contributed by atoms with Crippen LogP contribution in [-0.4, -0.2) is 17.0 Å². The smallest absolute Gasteiger partial charge is 0.157 e. The second kappa shape index (κ2) is 5.56. The van der Waals surface area contributed by atoms with Crippen molar-refractivity contribution in [2.45, 2.75) is 32.4 Å². The van der Waals surface area contributed by atoms with Gasteiger partial charge in [-0.25, -0.2) is 0 Å². The van der Waals surface area contributed by atoms with Crippen LogP contribution < -0.4 is 5.32 Å². The van der Waals surface area contributed by atoms with Crippen molar-refractivity contribution >= 4 is 28.3 Å². The van der Waals surface area contributed by atoms with E-state index in [1.54, 1.807) is 11.3 Å². The van der Waals surface area contributed by atoms with E-state index in [9.17, 15) is 0 Å². The minimum Gasteiger partial charge on any atom is -0.362 e. The molecular weight excluding hydrogens is 224 g/mol. The summed E-state index contributed by atoms with van der Waals surface area (Å²) in [7, 11) is 0. The molecule has 2 nitrogen and oxygen atoms in total. The Kier molecular flexibility index (Phi) is 4.09. The summed E-state index contributed by atoms with van der Waals surface area (Å²) in [6, 6.07) is 4.85. The lowest BCUT2D eigenvalue weighted by molar-refractivity contribution is 0.571. The minimum atomic E-state index is 0.633. The summed E-state index contributed by atoms with van der Waals surface area (Å²) in [6.07, 6.45) is 2.46. The van der Waals surface area contributed by atoms with Crippen molar-refractivity contribution in [3.63, 3.8) is 0 Å². The van der Waals surface area contributed by atoms with Crippen molar-refractivity contribution < 1.29 is 0 Å². The Morgan fingerprint density at radius 1 is 1.60 bits per heavy atom. The fourth-order valence-corrected chi connectivity index (χ4v) is 3.17. The van der Waals surface area contributed by atoms with Gasteiger partial charge in [-0.3, -0.25) is 4.99 Å². The van der Waals surface area contributed by atoms with E-state index in [1.165, 1.54) is 23.5 Å². The summed E-state index contributed by atoms with van der Waals surface area (Å²) in [5.41, 5.74) is 0. The van der Waals surface area contributed by atoms with Gasteiger partial charge in [0.15, 0.2) is 5.17 Å². The number of hydrogen-bond donors (Lipinski definition) is 1. The van der Waals surface area contributed by atoms with Crippen LogP contribution in [0.25, 0.3) is 0 Å². The standard InChI is InChI=1S/C11H16N2S2/c1-2-9-5-7-15-11(13-9)12-8-10-4-3-6-14-10/h3-4,6,9H,2,5,7-8H2,1H3,(H,12,13). The highest BCUT2D eigenvalue weighted by Gasteiger charge is 2.15. The molecule has 1 aromatic heterocycles. The number of nitrogens with zero attached hydrogens (tertiary/aromatic N) is 1. The summed E-state index contributed by atoms with van der Waals surface area (Å²) in [4.78, 5) is 5.94. The fraction of sp³-hybridized carbons (Fsp3) is 0.545. The number of thiophene rings is 1. The fourth-order valence-electron chi connectivity index (χ4n) is 1.54. The van der Waals surface area contributed by atoms with Crippen LogP contribution in [0, 0.1) is 0 Å². The van der Waals surface area contributed by atoms with Crippen molar-refractivity contribution in [1.82, 2.24) is 5.32 Å². The Morgan fingerprint density at radius 3 is 3.27 bits per heavy atom. The van der Waals surface area contributed by atoms with E-state index in [-0.39, 0.29) is 0 Å². The van der Waals surface area contributed by atoms with Crippen molar-refractivity contribution in [3.05, 3.63) is 22.4 Å². The predicted octanol–water partition coefficient (Wildman–Crippen LogP) is 3.11. The molecular formula is C11H16N2S2. The number of thioether (sulfide) groups is 1. The van der Waals surface area contributed by atoms with Gasteiger partial charge in [0.25, 0.3) is 0 Å². The van der Waals surface area contributed by atoms with E-state index in [2.05, 4.69) is 34.7 Å². The van der Waals surface area contributed by atoms with Crippen LogP contribution in [0.2, 0.25) is 0 Å². The Labute approximate surface area is 99.2 Å². The first-order chi connectivity index (χ1) is 7.38. The van der Waals surface area contributed by atoms with E-state index < -0.39 is 0 Å². The van der Waals surface area contributed by atoms with Gasteiger partial charge >= 0.3 is 0 Å². The first kappa shape index (κ1) is 11.0. The zero-order valence-corrected chi connectivity index (χ0v) is 10.5. The molecule has 0 amide bonds. The topological polar surface area (TPSA) is 24.4 Å². The van der Waals surface area contributed by atoms with Gasteiger partial charge in [-0.2, -0.15) is 0 Å². The highest BCUT2D eigenvalue weighted by molar-refractivity contribution is 8.13.